The van der Waals surface area contributed by atoms with Crippen LogP contribution in [0.3, 0.4) is 0 Å². The molecule has 0 radical (unpaired) electrons. The van der Waals surface area contributed by atoms with Crippen molar-refractivity contribution in [1.82, 2.24) is 0 Å². The fourth-order valence-corrected chi connectivity index (χ4v) is 9.87. The van der Waals surface area contributed by atoms with Crippen LogP contribution in [-0.4, -0.2) is 32.9 Å². The molecule has 0 aliphatic carbocycles. The van der Waals surface area contributed by atoms with Crippen LogP contribution in [0.15, 0.2) is 103 Å². The Balaban J connectivity index is 1.63. The van der Waals surface area contributed by atoms with Crippen molar-refractivity contribution in [3.8, 4) is 0 Å². The van der Waals surface area contributed by atoms with Crippen LogP contribution < -0.4 is 10.4 Å². The van der Waals surface area contributed by atoms with Gasteiger partial charge in [-0.2, -0.15) is 0 Å². The summed E-state index contributed by atoms with van der Waals surface area (Å²) < 4.78 is 19.4. The summed E-state index contributed by atoms with van der Waals surface area (Å²) in [5.41, 5.74) is 1.15. The number of rotatable bonds is 11. The Kier molecular flexibility index (Phi) is 9.14. The lowest BCUT2D eigenvalue weighted by molar-refractivity contribution is -0.118. The van der Waals surface area contributed by atoms with Crippen molar-refractivity contribution in [2.45, 2.75) is 63.9 Å². The average molecular weight is 515 g/mol. The van der Waals surface area contributed by atoms with Crippen LogP contribution in [0.1, 0.15) is 45.6 Å². The zero-order valence-electron chi connectivity index (χ0n) is 22.1. The lowest BCUT2D eigenvalue weighted by Crippen LogP contribution is -2.67. The van der Waals surface area contributed by atoms with Gasteiger partial charge in [-0.3, -0.25) is 4.79 Å². The van der Waals surface area contributed by atoms with Crippen molar-refractivity contribution >= 4 is 24.5 Å². The summed E-state index contributed by atoms with van der Waals surface area (Å²) in [6.45, 7) is 7.98. The lowest BCUT2D eigenvalue weighted by Gasteiger charge is -2.45. The number of carbonyl (C=O) groups excluding carboxylic acids is 1. The van der Waals surface area contributed by atoms with E-state index in [1.54, 1.807) is 0 Å². The highest BCUT2D eigenvalue weighted by molar-refractivity contribution is 6.99. The Bertz CT molecular complexity index is 1100. The summed E-state index contributed by atoms with van der Waals surface area (Å²) in [6, 6.07) is 31.5. The van der Waals surface area contributed by atoms with Gasteiger partial charge in [-0.1, -0.05) is 112 Å². The van der Waals surface area contributed by atoms with Crippen LogP contribution in [0, 0.1) is 0 Å². The molecule has 2 atom stereocenters. The quantitative estimate of drug-likeness (QED) is 0.240. The maximum Gasteiger partial charge on any atom is 0.261 e. The van der Waals surface area contributed by atoms with Crippen molar-refractivity contribution in [3.63, 3.8) is 0 Å². The van der Waals surface area contributed by atoms with Gasteiger partial charge in [0.2, 0.25) is 0 Å². The molecule has 0 spiro atoms. The van der Waals surface area contributed by atoms with E-state index in [0.29, 0.717) is 26.1 Å². The van der Waals surface area contributed by atoms with Gasteiger partial charge in [0.15, 0.2) is 5.78 Å². The first-order valence-electron chi connectivity index (χ1n) is 13.1. The van der Waals surface area contributed by atoms with E-state index in [1.807, 2.05) is 18.2 Å². The molecule has 4 nitrogen and oxygen atoms in total. The Hall–Kier alpha value is -2.99. The highest BCUT2D eigenvalue weighted by Gasteiger charge is 2.51. The maximum absolute atomic E-state index is 12.1. The number of benzene rings is 3. The fraction of sp³-hybridized carbons (Fsp3) is 0.344. The molecular formula is C32H38O4Si. The summed E-state index contributed by atoms with van der Waals surface area (Å²) in [5, 5.41) is 2.34. The first kappa shape index (κ1) is 27.1. The van der Waals surface area contributed by atoms with Crippen molar-refractivity contribution in [1.29, 1.82) is 0 Å². The van der Waals surface area contributed by atoms with Gasteiger partial charge in [0, 0.05) is 25.5 Å². The van der Waals surface area contributed by atoms with Gasteiger partial charge in [0.1, 0.15) is 6.10 Å². The molecule has 1 unspecified atom stereocenters. The van der Waals surface area contributed by atoms with Crippen LogP contribution in [0.2, 0.25) is 5.04 Å². The van der Waals surface area contributed by atoms with Gasteiger partial charge in [-0.05, 0) is 27.4 Å². The minimum absolute atomic E-state index is 0.0979. The Morgan fingerprint density at radius 2 is 1.46 bits per heavy atom. The molecule has 1 aliphatic heterocycles. The Labute approximate surface area is 222 Å². The standard InChI is InChI=1S/C32H38O4Si/c1-32(2,3)37(30-15-9-5-10-16-30,31-17-11-6-12-18-31)36-28(24-29-23-27(33)19-22-35-29)20-21-34-25-26-13-7-4-8-14-26/h4-19,22,28-29H,20-21,23-25H2,1-3H3/t28-,29?/m0/s1. The largest absolute Gasteiger partial charge is 0.497 e. The van der Waals surface area contributed by atoms with E-state index >= 15 is 0 Å². The second kappa shape index (κ2) is 12.5. The van der Waals surface area contributed by atoms with Gasteiger partial charge in [-0.25, -0.2) is 0 Å². The van der Waals surface area contributed by atoms with Crippen molar-refractivity contribution < 1.29 is 18.7 Å². The van der Waals surface area contributed by atoms with Crippen LogP contribution in [0.25, 0.3) is 0 Å². The molecule has 0 bridgehead atoms. The molecule has 0 aromatic heterocycles. The molecule has 37 heavy (non-hydrogen) atoms. The summed E-state index contributed by atoms with van der Waals surface area (Å²) in [4.78, 5) is 12.1. The lowest BCUT2D eigenvalue weighted by atomic mass is 10.0. The molecule has 0 N–H and O–H groups in total. The molecule has 4 rings (SSSR count). The minimum atomic E-state index is -2.75. The van der Waals surface area contributed by atoms with E-state index in [9.17, 15) is 4.79 Å². The highest BCUT2D eigenvalue weighted by Crippen LogP contribution is 2.38. The highest BCUT2D eigenvalue weighted by atomic mass is 28.4. The fourth-order valence-electron chi connectivity index (χ4n) is 5.14. The first-order chi connectivity index (χ1) is 17.9. The van der Waals surface area contributed by atoms with Crippen molar-refractivity contribution in [2.24, 2.45) is 0 Å². The van der Waals surface area contributed by atoms with Crippen LogP contribution in [0.4, 0.5) is 0 Å². The molecule has 3 aromatic rings. The third-order valence-electron chi connectivity index (χ3n) is 6.94. The number of hydrogen-bond acceptors (Lipinski definition) is 4. The van der Waals surface area contributed by atoms with Gasteiger partial charge < -0.3 is 13.9 Å². The summed E-state index contributed by atoms with van der Waals surface area (Å²) >= 11 is 0. The minimum Gasteiger partial charge on any atom is -0.497 e. The van der Waals surface area contributed by atoms with E-state index in [4.69, 9.17) is 13.9 Å². The molecule has 5 heteroatoms. The molecular weight excluding hydrogens is 476 g/mol. The third-order valence-corrected chi connectivity index (χ3v) is 12.0. The van der Waals surface area contributed by atoms with E-state index in [1.165, 1.54) is 22.7 Å². The number of ether oxygens (including phenoxy) is 2. The molecule has 3 aromatic carbocycles. The molecule has 1 heterocycles. The Morgan fingerprint density at radius 1 is 0.892 bits per heavy atom. The maximum atomic E-state index is 12.1. The summed E-state index contributed by atoms with van der Waals surface area (Å²) in [7, 11) is -2.75. The van der Waals surface area contributed by atoms with Gasteiger partial charge in [-0.15, -0.1) is 0 Å². The number of ketones is 1. The van der Waals surface area contributed by atoms with Crippen LogP contribution in [-0.2, 0) is 25.3 Å². The molecule has 0 saturated carbocycles. The second-order valence-corrected chi connectivity index (χ2v) is 14.9. The second-order valence-electron chi connectivity index (χ2n) is 10.7. The SMILES string of the molecule is CC(C)(C)[Si](O[C@@H](CCOCc1ccccc1)CC1CC(=O)C=CO1)(c1ccccc1)c1ccccc1. The Morgan fingerprint density at radius 3 is 2.00 bits per heavy atom. The summed E-state index contributed by atoms with van der Waals surface area (Å²) in [6.07, 6.45) is 4.44. The monoisotopic (exact) mass is 514 g/mol. The normalized spacial score (nSPS) is 16.8. The molecule has 0 amide bonds. The van der Waals surface area contributed by atoms with Gasteiger partial charge >= 0.3 is 0 Å². The number of hydrogen-bond donors (Lipinski definition) is 0. The van der Waals surface area contributed by atoms with Crippen LogP contribution in [0.5, 0.6) is 0 Å². The predicted octanol–water partition coefficient (Wildman–Crippen LogP) is 5.80. The molecule has 0 fully saturated rings. The van der Waals surface area contributed by atoms with Gasteiger partial charge in [0.25, 0.3) is 8.32 Å². The van der Waals surface area contributed by atoms with Crippen molar-refractivity contribution in [3.05, 3.63) is 109 Å². The van der Waals surface area contributed by atoms with Crippen LogP contribution >= 0.6 is 0 Å². The molecule has 194 valence electrons. The third kappa shape index (κ3) is 6.86. The van der Waals surface area contributed by atoms with Crippen molar-refractivity contribution in [2.75, 3.05) is 6.61 Å². The predicted molar refractivity (Wildman–Crippen MR) is 151 cm³/mol. The van der Waals surface area contributed by atoms with E-state index < -0.39 is 8.32 Å². The molecule has 0 saturated heterocycles. The molecule has 1 aliphatic rings. The zero-order valence-corrected chi connectivity index (χ0v) is 23.1. The topological polar surface area (TPSA) is 44.8 Å². The summed E-state index contributed by atoms with van der Waals surface area (Å²) in [5.74, 6) is 0.0979. The number of allylic oxidation sites excluding steroid dienone is 1. The zero-order chi connectivity index (χ0) is 26.1. The van der Waals surface area contributed by atoms with Gasteiger partial charge in [0.05, 0.1) is 19.0 Å². The smallest absolute Gasteiger partial charge is 0.261 e. The average Bonchev–Trinajstić information content (AvgIpc) is 2.90. The van der Waals surface area contributed by atoms with E-state index in [2.05, 4.69) is 93.6 Å². The van der Waals surface area contributed by atoms with E-state index in [-0.39, 0.29) is 23.0 Å². The van der Waals surface area contributed by atoms with E-state index in [0.717, 1.165) is 12.0 Å². The number of carbonyl (C=O) groups is 1. The first-order valence-corrected chi connectivity index (χ1v) is 15.0.